The normalized spacial score (nSPS) is 11.1. The smallest absolute Gasteiger partial charge is 0.261 e. The molecule has 110 valence electrons. The molecule has 0 aliphatic rings. The zero-order valence-electron chi connectivity index (χ0n) is 11.1. The van der Waals surface area contributed by atoms with E-state index in [-0.39, 0.29) is 16.4 Å². The van der Waals surface area contributed by atoms with E-state index in [0.29, 0.717) is 11.3 Å². The first-order valence-corrected chi connectivity index (χ1v) is 7.47. The Balaban J connectivity index is 2.28. The number of halogens is 1. The highest BCUT2D eigenvalue weighted by molar-refractivity contribution is 7.92. The van der Waals surface area contributed by atoms with Gasteiger partial charge < -0.3 is 5.73 Å². The average Bonchev–Trinajstić information content (AvgIpc) is 2.42. The number of sulfonamides is 1. The van der Waals surface area contributed by atoms with Crippen molar-refractivity contribution in [3.63, 3.8) is 0 Å². The lowest BCUT2D eigenvalue weighted by atomic mass is 10.1. The van der Waals surface area contributed by atoms with E-state index < -0.39 is 15.8 Å². The minimum Gasteiger partial charge on any atom is -0.396 e. The topological polar surface area (TPSA) is 89.3 Å². The van der Waals surface area contributed by atoms with Crippen LogP contribution >= 0.6 is 0 Å². The Morgan fingerprint density at radius 3 is 2.29 bits per heavy atom. The molecule has 0 unspecified atom stereocenters. The molecular weight excluding hydrogens is 295 g/mol. The molecule has 2 aromatic carbocycles. The maximum Gasteiger partial charge on any atom is 0.261 e. The molecule has 7 heteroatoms. The van der Waals surface area contributed by atoms with Gasteiger partial charge in [-0.2, -0.15) is 0 Å². The molecule has 0 bridgehead atoms. The number of benzene rings is 2. The second-order valence-corrected chi connectivity index (χ2v) is 6.10. The zero-order chi connectivity index (χ0) is 15.6. The van der Waals surface area contributed by atoms with Crippen LogP contribution in [0.5, 0.6) is 0 Å². The number of Topliss-reactive ketones (excluding diaryl/α,β-unsaturated/α-hetero) is 1. The zero-order valence-corrected chi connectivity index (χ0v) is 11.9. The van der Waals surface area contributed by atoms with Crippen molar-refractivity contribution >= 4 is 27.2 Å². The van der Waals surface area contributed by atoms with Gasteiger partial charge in [0.1, 0.15) is 5.82 Å². The van der Waals surface area contributed by atoms with E-state index in [4.69, 9.17) is 5.73 Å². The van der Waals surface area contributed by atoms with Crippen molar-refractivity contribution < 1.29 is 17.6 Å². The summed E-state index contributed by atoms with van der Waals surface area (Å²) in [5, 5.41) is 0. The Bertz CT molecular complexity index is 786. The summed E-state index contributed by atoms with van der Waals surface area (Å²) in [5.41, 5.74) is 5.88. The number of nitrogens with two attached hydrogens (primary N) is 1. The lowest BCUT2D eigenvalue weighted by molar-refractivity contribution is 0.101. The molecule has 0 heterocycles. The number of nitrogen functional groups attached to an aromatic ring is 1. The number of ketones is 1. The fourth-order valence-electron chi connectivity index (χ4n) is 1.68. The molecule has 0 spiro atoms. The highest BCUT2D eigenvalue weighted by atomic mass is 32.2. The second kappa shape index (κ2) is 5.53. The lowest BCUT2D eigenvalue weighted by Crippen LogP contribution is -2.13. The van der Waals surface area contributed by atoms with Crippen molar-refractivity contribution in [2.75, 3.05) is 10.5 Å². The van der Waals surface area contributed by atoms with Crippen LogP contribution in [0.3, 0.4) is 0 Å². The number of carbonyl (C=O) groups excluding carboxylic acids is 1. The maximum atomic E-state index is 13.1. The van der Waals surface area contributed by atoms with Gasteiger partial charge in [0.25, 0.3) is 10.0 Å². The van der Waals surface area contributed by atoms with E-state index in [1.165, 1.54) is 31.2 Å². The van der Waals surface area contributed by atoms with Crippen LogP contribution in [-0.4, -0.2) is 14.2 Å². The average molecular weight is 308 g/mol. The van der Waals surface area contributed by atoms with Gasteiger partial charge in [-0.05, 0) is 49.4 Å². The highest BCUT2D eigenvalue weighted by Crippen LogP contribution is 2.20. The van der Waals surface area contributed by atoms with Gasteiger partial charge in [-0.25, -0.2) is 12.8 Å². The van der Waals surface area contributed by atoms with Gasteiger partial charge in [0.15, 0.2) is 5.78 Å². The number of carbonyl (C=O) groups is 1. The molecule has 0 radical (unpaired) electrons. The van der Waals surface area contributed by atoms with E-state index in [2.05, 4.69) is 4.72 Å². The van der Waals surface area contributed by atoms with Crippen LogP contribution in [0.2, 0.25) is 0 Å². The van der Waals surface area contributed by atoms with Gasteiger partial charge in [-0.3, -0.25) is 9.52 Å². The van der Waals surface area contributed by atoms with Gasteiger partial charge in [0.05, 0.1) is 10.6 Å². The molecule has 0 fully saturated rings. The van der Waals surface area contributed by atoms with Crippen LogP contribution < -0.4 is 10.5 Å². The van der Waals surface area contributed by atoms with Crippen molar-refractivity contribution in [2.24, 2.45) is 0 Å². The predicted octanol–water partition coefficient (Wildman–Crippen LogP) is 2.41. The van der Waals surface area contributed by atoms with E-state index in [9.17, 15) is 17.6 Å². The number of rotatable bonds is 4. The third-order valence-electron chi connectivity index (χ3n) is 2.82. The van der Waals surface area contributed by atoms with E-state index in [0.717, 1.165) is 18.2 Å². The summed E-state index contributed by atoms with van der Waals surface area (Å²) in [7, 11) is -3.87. The first kappa shape index (κ1) is 15.0. The quantitative estimate of drug-likeness (QED) is 0.670. The molecule has 0 aromatic heterocycles. The van der Waals surface area contributed by atoms with Crippen molar-refractivity contribution in [1.82, 2.24) is 0 Å². The Kier molecular flexibility index (Phi) is 3.95. The molecular formula is C14H13FN2O3S. The van der Waals surface area contributed by atoms with E-state index in [1.54, 1.807) is 0 Å². The molecule has 0 aliphatic heterocycles. The monoisotopic (exact) mass is 308 g/mol. The summed E-state index contributed by atoms with van der Waals surface area (Å²) in [6, 6.07) is 9.13. The van der Waals surface area contributed by atoms with Crippen LogP contribution in [0.1, 0.15) is 17.3 Å². The summed E-state index contributed by atoms with van der Waals surface area (Å²) >= 11 is 0. The van der Waals surface area contributed by atoms with Gasteiger partial charge in [-0.1, -0.05) is 0 Å². The van der Waals surface area contributed by atoms with Gasteiger partial charge >= 0.3 is 0 Å². The lowest BCUT2D eigenvalue weighted by Gasteiger charge is -2.09. The fourth-order valence-corrected chi connectivity index (χ4v) is 2.77. The molecule has 0 atom stereocenters. The Hall–Kier alpha value is -2.41. The largest absolute Gasteiger partial charge is 0.396 e. The number of hydrogen-bond acceptors (Lipinski definition) is 4. The maximum absolute atomic E-state index is 13.1. The summed E-state index contributed by atoms with van der Waals surface area (Å²) in [6.07, 6.45) is 0. The van der Waals surface area contributed by atoms with Crippen molar-refractivity contribution in [1.29, 1.82) is 0 Å². The Morgan fingerprint density at radius 2 is 1.76 bits per heavy atom. The molecule has 21 heavy (non-hydrogen) atoms. The van der Waals surface area contributed by atoms with Crippen LogP contribution in [0, 0.1) is 5.82 Å². The standard InChI is InChI=1S/C14H13FN2O3S/c1-9(18)10-2-4-11(5-3-10)17-21(19,20)12-6-7-13(15)14(16)8-12/h2-8,17H,16H2,1H3. The predicted molar refractivity (Wildman–Crippen MR) is 78.1 cm³/mol. The molecule has 0 aliphatic carbocycles. The number of anilines is 2. The minimum atomic E-state index is -3.87. The first-order valence-electron chi connectivity index (χ1n) is 5.98. The highest BCUT2D eigenvalue weighted by Gasteiger charge is 2.15. The molecule has 2 aromatic rings. The number of nitrogens with one attached hydrogen (secondary N) is 1. The van der Waals surface area contributed by atoms with E-state index in [1.807, 2.05) is 0 Å². The van der Waals surface area contributed by atoms with Crippen molar-refractivity contribution in [2.45, 2.75) is 11.8 Å². The third kappa shape index (κ3) is 3.38. The van der Waals surface area contributed by atoms with Crippen LogP contribution in [-0.2, 0) is 10.0 Å². The number of hydrogen-bond donors (Lipinski definition) is 2. The van der Waals surface area contributed by atoms with Crippen LogP contribution in [0.15, 0.2) is 47.4 Å². The van der Waals surface area contributed by atoms with Crippen molar-refractivity contribution in [3.05, 3.63) is 53.8 Å². The van der Waals surface area contributed by atoms with Gasteiger partial charge in [-0.15, -0.1) is 0 Å². The molecule has 0 amide bonds. The first-order chi connectivity index (χ1) is 9.79. The molecule has 0 saturated carbocycles. The molecule has 0 saturated heterocycles. The Morgan fingerprint density at radius 1 is 1.14 bits per heavy atom. The second-order valence-electron chi connectivity index (χ2n) is 4.42. The van der Waals surface area contributed by atoms with Gasteiger partial charge in [0.2, 0.25) is 0 Å². The third-order valence-corrected chi connectivity index (χ3v) is 4.20. The summed E-state index contributed by atoms with van der Waals surface area (Å²) < 4.78 is 39.6. The summed E-state index contributed by atoms with van der Waals surface area (Å²) in [4.78, 5) is 11.0. The van der Waals surface area contributed by atoms with E-state index >= 15 is 0 Å². The van der Waals surface area contributed by atoms with Crippen LogP contribution in [0.4, 0.5) is 15.8 Å². The van der Waals surface area contributed by atoms with Gasteiger partial charge in [0, 0.05) is 11.3 Å². The fraction of sp³-hybridized carbons (Fsp3) is 0.0714. The molecule has 5 nitrogen and oxygen atoms in total. The SMILES string of the molecule is CC(=O)c1ccc(NS(=O)(=O)c2ccc(F)c(N)c2)cc1. The molecule has 3 N–H and O–H groups in total. The minimum absolute atomic E-state index is 0.115. The summed E-state index contributed by atoms with van der Waals surface area (Å²) in [5.74, 6) is -0.796. The summed E-state index contributed by atoms with van der Waals surface area (Å²) in [6.45, 7) is 1.42. The van der Waals surface area contributed by atoms with Crippen LogP contribution in [0.25, 0.3) is 0 Å². The Labute approximate surface area is 121 Å². The van der Waals surface area contributed by atoms with Crippen molar-refractivity contribution in [3.8, 4) is 0 Å². The molecule has 2 rings (SSSR count).